The lowest BCUT2D eigenvalue weighted by Gasteiger charge is -2.05. The number of unbranched alkanes of at least 4 members (excludes halogenated alkanes) is 1. The first-order chi connectivity index (χ1) is 6.95. The first-order valence-corrected chi connectivity index (χ1v) is 7.11. The second-order valence-corrected chi connectivity index (χ2v) is 2.89. The molecular weight excluding hydrogens is 305 g/mol. The van der Waals surface area contributed by atoms with Gasteiger partial charge in [0.1, 0.15) is 6.23 Å². The number of esters is 1. The maximum atomic E-state index is 10.6. The lowest BCUT2D eigenvalue weighted by atomic mass is 10.4. The topological polar surface area (TPSA) is 52.3 Å². The van der Waals surface area contributed by atoms with Gasteiger partial charge in [0, 0.05) is 5.57 Å². The van der Waals surface area contributed by atoms with E-state index < -0.39 is 12.2 Å². The highest BCUT2D eigenvalue weighted by Crippen LogP contribution is 1.92. The Hall–Kier alpha value is -0.100. The number of halogens is 1. The van der Waals surface area contributed by atoms with E-state index in [1.165, 1.54) is 12.8 Å². The number of hydrogen-bond donors (Lipinski definition) is 1. The van der Waals surface area contributed by atoms with Crippen LogP contribution in [0.3, 0.4) is 0 Å². The molecule has 0 aliphatic heterocycles. The summed E-state index contributed by atoms with van der Waals surface area (Å²) in [6.07, 6.45) is 2.09. The van der Waals surface area contributed by atoms with Gasteiger partial charge in [0.15, 0.2) is 0 Å². The molecule has 15 heavy (non-hydrogen) atoms. The molecule has 0 aliphatic carbocycles. The molecule has 0 rings (SSSR count). The van der Waals surface area contributed by atoms with Crippen molar-refractivity contribution in [2.45, 2.75) is 46.8 Å². The van der Waals surface area contributed by atoms with E-state index in [9.17, 15) is 4.79 Å². The number of carbonyl (C=O) groups excluding carboxylic acids is 1. The Kier molecular flexibility index (Phi) is 22.1. The van der Waals surface area contributed by atoms with E-state index in [1.54, 1.807) is 13.8 Å². The Morgan fingerprint density at radius 3 is 1.80 bits per heavy atom. The molecule has 3 nitrogen and oxygen atoms in total. The summed E-state index contributed by atoms with van der Waals surface area (Å²) in [5, 5.41) is 0. The van der Waals surface area contributed by atoms with Gasteiger partial charge >= 0.3 is 5.97 Å². The van der Waals surface area contributed by atoms with E-state index in [0.717, 1.165) is 0 Å². The molecule has 0 amide bonds. The van der Waals surface area contributed by atoms with Crippen molar-refractivity contribution in [1.29, 1.82) is 0 Å². The van der Waals surface area contributed by atoms with Crippen molar-refractivity contribution in [2.75, 3.05) is 4.93 Å². The van der Waals surface area contributed by atoms with Crippen molar-refractivity contribution in [3.8, 4) is 0 Å². The Balaban J connectivity index is -0.000000202. The van der Waals surface area contributed by atoms with Crippen molar-refractivity contribution in [1.82, 2.24) is 0 Å². The highest BCUT2D eigenvalue weighted by Gasteiger charge is 2.03. The maximum Gasteiger partial charge on any atom is 0.334 e. The zero-order valence-corrected chi connectivity index (χ0v) is 12.6. The van der Waals surface area contributed by atoms with Crippen LogP contribution in [0.25, 0.3) is 0 Å². The van der Waals surface area contributed by atoms with Crippen LogP contribution in [0.5, 0.6) is 0 Å². The fourth-order valence-electron chi connectivity index (χ4n) is 0.269. The molecule has 0 aromatic carbocycles. The summed E-state index contributed by atoms with van der Waals surface area (Å²) in [6, 6.07) is 0. The van der Waals surface area contributed by atoms with Crippen LogP contribution in [-0.2, 0) is 9.53 Å². The maximum absolute atomic E-state index is 10.6. The first-order valence-electron chi connectivity index (χ1n) is 4.95. The largest absolute Gasteiger partial charge is 0.444 e. The van der Waals surface area contributed by atoms with Gasteiger partial charge in [-0.25, -0.2) is 4.79 Å². The van der Waals surface area contributed by atoms with Crippen LogP contribution >= 0.6 is 22.6 Å². The van der Waals surface area contributed by atoms with Gasteiger partial charge in [0.05, 0.1) is 0 Å². The van der Waals surface area contributed by atoms with Gasteiger partial charge in [-0.1, -0.05) is 55.9 Å². The Morgan fingerprint density at radius 2 is 1.73 bits per heavy atom. The van der Waals surface area contributed by atoms with Gasteiger partial charge in [-0.15, -0.1) is 0 Å². The zero-order valence-electron chi connectivity index (χ0n) is 10.5. The van der Waals surface area contributed by atoms with Crippen molar-refractivity contribution in [3.63, 3.8) is 0 Å². The molecule has 0 saturated heterocycles. The van der Waals surface area contributed by atoms with Crippen LogP contribution in [0.15, 0.2) is 12.2 Å². The summed E-state index contributed by atoms with van der Waals surface area (Å²) >= 11 is 2.15. The smallest absolute Gasteiger partial charge is 0.334 e. The quantitative estimate of drug-likeness (QED) is 0.284. The van der Waals surface area contributed by atoms with Crippen LogP contribution in [0.4, 0.5) is 0 Å². The van der Waals surface area contributed by atoms with E-state index >= 15 is 0 Å². The SMILES string of the molecule is C=C(C)C(=O)OC(C)N.CCCC.CI. The second kappa shape index (κ2) is 16.3. The fourth-order valence-corrected chi connectivity index (χ4v) is 0.269. The molecule has 0 radical (unpaired) electrons. The number of carbonyl (C=O) groups is 1. The normalized spacial score (nSPS) is 9.80. The van der Waals surface area contributed by atoms with Crippen molar-refractivity contribution in [2.24, 2.45) is 5.73 Å². The minimum atomic E-state index is -0.547. The molecule has 0 spiro atoms. The Bertz CT molecular complexity index is 157. The summed E-state index contributed by atoms with van der Waals surface area (Å²) in [6.45, 7) is 10.9. The molecule has 4 heteroatoms. The molecule has 1 atom stereocenters. The van der Waals surface area contributed by atoms with Crippen molar-refractivity contribution >= 4 is 28.6 Å². The standard InChI is InChI=1S/C6H11NO2.C4H10.CH3I/c1-4(2)6(8)9-5(3)7;1-3-4-2;1-2/h5H,1,7H2,2-3H3;3-4H2,1-2H3;1H3. The second-order valence-electron chi connectivity index (χ2n) is 2.89. The third kappa shape index (κ3) is 24.9. The number of nitrogens with two attached hydrogens (primary N) is 1. The monoisotopic (exact) mass is 329 g/mol. The van der Waals surface area contributed by atoms with E-state index in [1.807, 2.05) is 4.93 Å². The third-order valence-electron chi connectivity index (χ3n) is 1.14. The van der Waals surface area contributed by atoms with Crippen LogP contribution in [0, 0.1) is 0 Å². The van der Waals surface area contributed by atoms with E-state index in [2.05, 4.69) is 47.8 Å². The molecule has 0 heterocycles. The predicted octanol–water partition coefficient (Wildman–Crippen LogP) is 3.27. The van der Waals surface area contributed by atoms with Gasteiger partial charge < -0.3 is 4.74 Å². The van der Waals surface area contributed by atoms with Crippen molar-refractivity contribution in [3.05, 3.63) is 12.2 Å². The average Bonchev–Trinajstić information content (AvgIpc) is 2.20. The molecule has 0 aliphatic rings. The van der Waals surface area contributed by atoms with Gasteiger partial charge in [-0.3, -0.25) is 5.73 Å². The molecule has 0 aromatic heterocycles. The predicted molar refractivity (Wildman–Crippen MR) is 75.1 cm³/mol. The van der Waals surface area contributed by atoms with E-state index in [4.69, 9.17) is 5.73 Å². The molecule has 0 saturated carbocycles. The summed E-state index contributed by atoms with van der Waals surface area (Å²) < 4.78 is 4.55. The number of alkyl halides is 1. The van der Waals surface area contributed by atoms with Crippen LogP contribution in [-0.4, -0.2) is 17.1 Å². The molecule has 1 unspecified atom stereocenters. The lowest BCUT2D eigenvalue weighted by Crippen LogP contribution is -2.23. The first kappa shape index (κ1) is 20.3. The molecule has 92 valence electrons. The zero-order chi connectivity index (χ0) is 12.9. The Morgan fingerprint density at radius 1 is 1.40 bits per heavy atom. The fraction of sp³-hybridized carbons (Fsp3) is 0.727. The highest BCUT2D eigenvalue weighted by molar-refractivity contribution is 14.1. The summed E-state index contributed by atoms with van der Waals surface area (Å²) in [5.41, 5.74) is 5.51. The molecular formula is C11H24INO2. The van der Waals surface area contributed by atoms with E-state index in [-0.39, 0.29) is 0 Å². The Labute approximate surface area is 108 Å². The summed E-state index contributed by atoms with van der Waals surface area (Å²) in [7, 11) is 0. The number of ether oxygens (including phenoxy) is 1. The van der Waals surface area contributed by atoms with Gasteiger partial charge in [-0.2, -0.15) is 0 Å². The molecule has 2 N–H and O–H groups in total. The third-order valence-corrected chi connectivity index (χ3v) is 1.14. The van der Waals surface area contributed by atoms with Crippen molar-refractivity contribution < 1.29 is 9.53 Å². The van der Waals surface area contributed by atoms with Gasteiger partial charge in [0.2, 0.25) is 0 Å². The van der Waals surface area contributed by atoms with Gasteiger partial charge in [0.25, 0.3) is 0 Å². The minimum absolute atomic E-state index is 0.368. The van der Waals surface area contributed by atoms with Gasteiger partial charge in [-0.05, 0) is 18.8 Å². The van der Waals surface area contributed by atoms with Crippen LogP contribution in [0.2, 0.25) is 0 Å². The summed E-state index contributed by atoms with van der Waals surface area (Å²) in [5.74, 6) is -0.440. The van der Waals surface area contributed by atoms with E-state index in [0.29, 0.717) is 5.57 Å². The molecule has 0 bridgehead atoms. The van der Waals surface area contributed by atoms with Crippen LogP contribution in [0.1, 0.15) is 40.5 Å². The molecule has 0 aromatic rings. The number of hydrogen-bond acceptors (Lipinski definition) is 3. The average molecular weight is 329 g/mol. The minimum Gasteiger partial charge on any atom is -0.444 e. The highest BCUT2D eigenvalue weighted by atomic mass is 127. The summed E-state index contributed by atoms with van der Waals surface area (Å²) in [4.78, 5) is 12.5. The van der Waals surface area contributed by atoms with Crippen LogP contribution < -0.4 is 5.73 Å². The lowest BCUT2D eigenvalue weighted by molar-refractivity contribution is -0.143. The number of rotatable bonds is 3. The molecule has 0 fully saturated rings.